The molecule has 1 aliphatic carbocycles. The van der Waals surface area contributed by atoms with Crippen molar-refractivity contribution < 1.29 is 13.9 Å². The second-order valence-corrected chi connectivity index (χ2v) is 7.85. The molecule has 2 aliphatic heterocycles. The van der Waals surface area contributed by atoms with E-state index in [2.05, 4.69) is 10.6 Å². The van der Waals surface area contributed by atoms with Crippen LogP contribution in [0.2, 0.25) is 0 Å². The number of nitrogens with zero attached hydrogens (tertiary/aromatic N) is 1. The van der Waals surface area contributed by atoms with E-state index in [9.17, 15) is 0 Å². The number of ether oxygens (including phenoxy) is 2. The first kappa shape index (κ1) is 20.9. The summed E-state index contributed by atoms with van der Waals surface area (Å²) < 4.78 is 17.1. The molecule has 3 aliphatic rings. The van der Waals surface area contributed by atoms with Crippen molar-refractivity contribution in [1.82, 2.24) is 10.6 Å². The number of hydrogen-bond donors (Lipinski definition) is 2. The standard InChI is InChI=1S/C20H31N3O3.HI/c1-2-5-16(4-1)22-19(21-10-7-18-6-3-11-25-18)23-17-8-12-26-20(14-17)9-13-24-15-20;/h3,6,11,16-17H,1-2,4-5,7-10,12-15H2,(H2,21,22,23);1H. The minimum absolute atomic E-state index is 0. The Morgan fingerprint density at radius 2 is 2.00 bits per heavy atom. The van der Waals surface area contributed by atoms with E-state index in [1.807, 2.05) is 12.1 Å². The van der Waals surface area contributed by atoms with Crippen molar-refractivity contribution in [2.75, 3.05) is 26.4 Å². The Kier molecular flexibility index (Phi) is 7.84. The molecule has 6 nitrogen and oxygen atoms in total. The summed E-state index contributed by atoms with van der Waals surface area (Å²) in [6, 6.07) is 4.88. The summed E-state index contributed by atoms with van der Waals surface area (Å²) in [4.78, 5) is 4.83. The summed E-state index contributed by atoms with van der Waals surface area (Å²) >= 11 is 0. The topological polar surface area (TPSA) is 68.0 Å². The molecule has 2 unspecified atom stereocenters. The van der Waals surface area contributed by atoms with E-state index < -0.39 is 0 Å². The Morgan fingerprint density at radius 1 is 1.15 bits per heavy atom. The van der Waals surface area contributed by atoms with Gasteiger partial charge in [-0.2, -0.15) is 0 Å². The predicted octanol–water partition coefficient (Wildman–Crippen LogP) is 3.26. The number of guanidine groups is 1. The van der Waals surface area contributed by atoms with Crippen LogP contribution < -0.4 is 10.6 Å². The fourth-order valence-corrected chi connectivity index (χ4v) is 4.34. The van der Waals surface area contributed by atoms with Crippen LogP contribution in [-0.2, 0) is 15.9 Å². The summed E-state index contributed by atoms with van der Waals surface area (Å²) in [7, 11) is 0. The van der Waals surface area contributed by atoms with Gasteiger partial charge >= 0.3 is 0 Å². The Balaban J connectivity index is 0.00000210. The van der Waals surface area contributed by atoms with Crippen LogP contribution in [0.15, 0.2) is 27.8 Å². The van der Waals surface area contributed by atoms with Gasteiger partial charge in [-0.1, -0.05) is 12.8 Å². The quantitative estimate of drug-likeness (QED) is 0.378. The number of hydrogen-bond acceptors (Lipinski definition) is 4. The molecule has 1 aromatic heterocycles. The Bertz CT molecular complexity index is 581. The molecule has 1 aromatic rings. The first-order valence-corrected chi connectivity index (χ1v) is 10.1. The second-order valence-electron chi connectivity index (χ2n) is 7.85. The molecule has 2 atom stereocenters. The number of rotatable bonds is 5. The highest BCUT2D eigenvalue weighted by Gasteiger charge is 2.41. The zero-order valence-corrected chi connectivity index (χ0v) is 18.3. The molecule has 0 amide bonds. The molecule has 0 radical (unpaired) electrons. The Hall–Kier alpha value is -0.800. The number of nitrogens with one attached hydrogen (secondary N) is 2. The van der Waals surface area contributed by atoms with Crippen molar-refractivity contribution in [3.8, 4) is 0 Å². The molecule has 0 aromatic carbocycles. The molecule has 4 rings (SSSR count). The SMILES string of the molecule is I.c1coc(CCN=C(NC2CCCC2)NC2CCOC3(CCOC3)C2)c1. The van der Waals surface area contributed by atoms with Gasteiger partial charge in [-0.25, -0.2) is 0 Å². The molecule has 152 valence electrons. The molecule has 7 heteroatoms. The van der Waals surface area contributed by atoms with Gasteiger partial charge < -0.3 is 24.5 Å². The lowest BCUT2D eigenvalue weighted by atomic mass is 9.90. The minimum Gasteiger partial charge on any atom is -0.469 e. The van der Waals surface area contributed by atoms with E-state index in [0.717, 1.165) is 63.8 Å². The summed E-state index contributed by atoms with van der Waals surface area (Å²) in [5, 5.41) is 7.35. The maximum atomic E-state index is 6.06. The van der Waals surface area contributed by atoms with Crippen molar-refractivity contribution >= 4 is 29.9 Å². The average Bonchev–Trinajstić information content (AvgIpc) is 3.39. The van der Waals surface area contributed by atoms with Crippen LogP contribution in [0.4, 0.5) is 0 Å². The van der Waals surface area contributed by atoms with Gasteiger partial charge in [-0.05, 0) is 37.8 Å². The highest BCUT2D eigenvalue weighted by atomic mass is 127. The van der Waals surface area contributed by atoms with Crippen LogP contribution in [0.5, 0.6) is 0 Å². The minimum atomic E-state index is -0.0808. The van der Waals surface area contributed by atoms with E-state index >= 15 is 0 Å². The summed E-state index contributed by atoms with van der Waals surface area (Å²) in [6.07, 6.45) is 10.7. The number of halogens is 1. The maximum Gasteiger partial charge on any atom is 0.191 e. The molecule has 2 N–H and O–H groups in total. The Morgan fingerprint density at radius 3 is 2.74 bits per heavy atom. The van der Waals surface area contributed by atoms with E-state index in [4.69, 9.17) is 18.9 Å². The molecule has 1 saturated carbocycles. The largest absolute Gasteiger partial charge is 0.469 e. The van der Waals surface area contributed by atoms with Crippen molar-refractivity contribution in [2.45, 2.75) is 69.1 Å². The van der Waals surface area contributed by atoms with E-state index in [0.29, 0.717) is 12.1 Å². The van der Waals surface area contributed by atoms with Crippen LogP contribution in [0.3, 0.4) is 0 Å². The van der Waals surface area contributed by atoms with Crippen molar-refractivity contribution in [2.24, 2.45) is 4.99 Å². The molecule has 0 bridgehead atoms. The van der Waals surface area contributed by atoms with E-state index in [1.165, 1.54) is 25.7 Å². The lowest BCUT2D eigenvalue weighted by Crippen LogP contribution is -2.53. The second kappa shape index (κ2) is 10.1. The fraction of sp³-hybridized carbons (Fsp3) is 0.750. The van der Waals surface area contributed by atoms with Crippen LogP contribution >= 0.6 is 24.0 Å². The third-order valence-electron chi connectivity index (χ3n) is 5.81. The van der Waals surface area contributed by atoms with Gasteiger partial charge in [-0.3, -0.25) is 4.99 Å². The summed E-state index contributed by atoms with van der Waals surface area (Å²) in [5.74, 6) is 1.94. The van der Waals surface area contributed by atoms with Crippen LogP contribution in [0.25, 0.3) is 0 Å². The highest BCUT2D eigenvalue weighted by Crippen LogP contribution is 2.32. The lowest BCUT2D eigenvalue weighted by Gasteiger charge is -2.38. The molecule has 2 saturated heterocycles. The van der Waals surface area contributed by atoms with E-state index in [1.54, 1.807) is 6.26 Å². The van der Waals surface area contributed by atoms with Crippen LogP contribution in [-0.4, -0.2) is 50.0 Å². The fourth-order valence-electron chi connectivity index (χ4n) is 4.34. The first-order valence-electron chi connectivity index (χ1n) is 10.1. The van der Waals surface area contributed by atoms with Gasteiger partial charge in [0, 0.05) is 44.7 Å². The first-order chi connectivity index (χ1) is 12.8. The van der Waals surface area contributed by atoms with Gasteiger partial charge in [0.25, 0.3) is 0 Å². The lowest BCUT2D eigenvalue weighted by molar-refractivity contribution is -0.0874. The smallest absolute Gasteiger partial charge is 0.191 e. The zero-order valence-electron chi connectivity index (χ0n) is 16.0. The third-order valence-corrected chi connectivity index (χ3v) is 5.81. The molecular formula is C20H32IN3O3. The van der Waals surface area contributed by atoms with Gasteiger partial charge in [0.1, 0.15) is 5.76 Å². The monoisotopic (exact) mass is 489 g/mol. The molecular weight excluding hydrogens is 457 g/mol. The maximum absolute atomic E-state index is 6.06. The molecule has 1 spiro atoms. The van der Waals surface area contributed by atoms with Gasteiger partial charge in [0.05, 0.1) is 18.5 Å². The Labute approximate surface area is 178 Å². The van der Waals surface area contributed by atoms with Crippen LogP contribution in [0.1, 0.15) is 50.7 Å². The average molecular weight is 489 g/mol. The van der Waals surface area contributed by atoms with E-state index in [-0.39, 0.29) is 29.6 Å². The van der Waals surface area contributed by atoms with Crippen molar-refractivity contribution in [3.05, 3.63) is 24.2 Å². The van der Waals surface area contributed by atoms with Crippen molar-refractivity contribution in [1.29, 1.82) is 0 Å². The highest BCUT2D eigenvalue weighted by molar-refractivity contribution is 14.0. The molecule has 3 fully saturated rings. The summed E-state index contributed by atoms with van der Waals surface area (Å²) in [6.45, 7) is 3.07. The van der Waals surface area contributed by atoms with Gasteiger partial charge in [-0.15, -0.1) is 24.0 Å². The third kappa shape index (κ3) is 5.84. The van der Waals surface area contributed by atoms with Gasteiger partial charge in [0.15, 0.2) is 5.96 Å². The zero-order chi connectivity index (χ0) is 17.7. The van der Waals surface area contributed by atoms with Crippen LogP contribution in [0, 0.1) is 0 Å². The number of aliphatic imine (C=N–C) groups is 1. The molecule has 27 heavy (non-hydrogen) atoms. The van der Waals surface area contributed by atoms with Gasteiger partial charge in [0.2, 0.25) is 0 Å². The predicted molar refractivity (Wildman–Crippen MR) is 116 cm³/mol. The number of furan rings is 1. The summed E-state index contributed by atoms with van der Waals surface area (Å²) in [5.41, 5.74) is -0.0808. The normalized spacial score (nSPS) is 29.0. The van der Waals surface area contributed by atoms with Crippen molar-refractivity contribution in [3.63, 3.8) is 0 Å². The molecule has 3 heterocycles.